The van der Waals surface area contributed by atoms with Gasteiger partial charge in [-0.25, -0.2) is 0 Å². The van der Waals surface area contributed by atoms with Gasteiger partial charge in [0.25, 0.3) is 0 Å². The highest BCUT2D eigenvalue weighted by molar-refractivity contribution is 5.73. The van der Waals surface area contributed by atoms with Gasteiger partial charge in [0, 0.05) is 0 Å². The van der Waals surface area contributed by atoms with Crippen LogP contribution in [0.15, 0.2) is 72.8 Å². The van der Waals surface area contributed by atoms with Crippen molar-refractivity contribution in [2.45, 2.75) is 51.1 Å². The van der Waals surface area contributed by atoms with E-state index in [0.717, 1.165) is 36.1 Å². The molecular weight excluding hydrogens is 483 g/mol. The number of piperidine rings is 1. The molecule has 0 spiro atoms. The lowest BCUT2D eigenvalue weighted by Gasteiger charge is -2.39. The van der Waals surface area contributed by atoms with Crippen molar-refractivity contribution in [3.63, 3.8) is 0 Å². The molecule has 1 heterocycles. The quantitative estimate of drug-likeness (QED) is 0.345. The lowest BCUT2D eigenvalue weighted by molar-refractivity contribution is -0.145. The number of hydrogen-bond acceptors (Lipinski definition) is 4. The fourth-order valence-corrected chi connectivity index (χ4v) is 4.78. The van der Waals surface area contributed by atoms with Crippen LogP contribution in [0, 0.1) is 0 Å². The number of benzene rings is 3. The fourth-order valence-electron chi connectivity index (χ4n) is 4.78. The van der Waals surface area contributed by atoms with E-state index in [1.807, 2.05) is 48.2 Å². The van der Waals surface area contributed by atoms with Crippen molar-refractivity contribution in [1.29, 1.82) is 0 Å². The maximum Gasteiger partial charge on any atom is 0.416 e. The van der Waals surface area contributed by atoms with Gasteiger partial charge in [-0.2, -0.15) is 13.2 Å². The van der Waals surface area contributed by atoms with Crippen LogP contribution in [0.1, 0.15) is 54.5 Å². The third-order valence-electron chi connectivity index (χ3n) is 6.54. The largest absolute Gasteiger partial charge is 0.490 e. The molecule has 2 atom stereocenters. The monoisotopic (exact) mass is 513 g/mol. The molecule has 37 heavy (non-hydrogen) atoms. The zero-order valence-corrected chi connectivity index (χ0v) is 20.6. The zero-order chi connectivity index (χ0) is 26.4. The van der Waals surface area contributed by atoms with Crippen molar-refractivity contribution >= 4 is 5.97 Å². The SMILES string of the molecule is CCOc1cc(C(c2ccc(C(F)(F)F)cc2)N2CCCCC2C(=O)O)ccc1OCc1ccccc1. The Hall–Kier alpha value is -3.52. The number of halogens is 3. The molecule has 4 rings (SSSR count). The van der Waals surface area contributed by atoms with Gasteiger partial charge in [-0.05, 0) is 67.3 Å². The Balaban J connectivity index is 1.72. The molecule has 0 amide bonds. The highest BCUT2D eigenvalue weighted by Crippen LogP contribution is 2.39. The Morgan fingerprint density at radius 1 is 0.973 bits per heavy atom. The Kier molecular flexibility index (Phi) is 8.38. The van der Waals surface area contributed by atoms with Crippen LogP contribution in [-0.2, 0) is 17.6 Å². The van der Waals surface area contributed by atoms with E-state index < -0.39 is 29.8 Å². The standard InChI is InChI=1S/C29H30F3NO4/c1-2-36-26-18-22(13-16-25(26)37-19-20-8-4-3-5-9-20)27(33-17-7-6-10-24(33)28(34)35)21-11-14-23(15-12-21)29(30,31)32/h3-5,8-9,11-16,18,24,27H,2,6-7,10,17,19H2,1H3,(H,34,35). The first-order chi connectivity index (χ1) is 17.8. The number of carbonyl (C=O) groups is 1. The predicted molar refractivity (Wildman–Crippen MR) is 134 cm³/mol. The number of hydrogen-bond donors (Lipinski definition) is 1. The summed E-state index contributed by atoms with van der Waals surface area (Å²) >= 11 is 0. The molecule has 0 aliphatic carbocycles. The van der Waals surface area contributed by atoms with Gasteiger partial charge in [-0.3, -0.25) is 9.69 Å². The Labute approximate surface area is 214 Å². The number of ether oxygens (including phenoxy) is 2. The smallest absolute Gasteiger partial charge is 0.416 e. The van der Waals surface area contributed by atoms with E-state index in [4.69, 9.17) is 9.47 Å². The summed E-state index contributed by atoms with van der Waals surface area (Å²) in [5.74, 6) is 0.0928. The molecular formula is C29H30F3NO4. The number of carboxylic acid groups (broad SMARTS) is 1. The van der Waals surface area contributed by atoms with Crippen LogP contribution in [0.2, 0.25) is 0 Å². The predicted octanol–water partition coefficient (Wildman–Crippen LogP) is 6.71. The van der Waals surface area contributed by atoms with Crippen LogP contribution in [0.3, 0.4) is 0 Å². The van der Waals surface area contributed by atoms with Gasteiger partial charge in [0.05, 0.1) is 18.2 Å². The maximum atomic E-state index is 13.2. The molecule has 5 nitrogen and oxygen atoms in total. The minimum Gasteiger partial charge on any atom is -0.490 e. The first-order valence-corrected chi connectivity index (χ1v) is 12.4. The second-order valence-corrected chi connectivity index (χ2v) is 9.02. The van der Waals surface area contributed by atoms with Crippen molar-refractivity contribution < 1.29 is 32.5 Å². The molecule has 0 aromatic heterocycles. The maximum absolute atomic E-state index is 13.2. The topological polar surface area (TPSA) is 59.0 Å². The normalized spacial score (nSPS) is 17.2. The average molecular weight is 514 g/mol. The van der Waals surface area contributed by atoms with Gasteiger partial charge in [-0.1, -0.05) is 55.0 Å². The number of aliphatic carboxylic acids is 1. The van der Waals surface area contributed by atoms with Crippen molar-refractivity contribution in [3.05, 3.63) is 95.1 Å². The van der Waals surface area contributed by atoms with Crippen LogP contribution < -0.4 is 9.47 Å². The molecule has 0 bridgehead atoms. The first-order valence-electron chi connectivity index (χ1n) is 12.4. The van der Waals surface area contributed by atoms with Crippen molar-refractivity contribution in [3.8, 4) is 11.5 Å². The van der Waals surface area contributed by atoms with Crippen LogP contribution in [0.4, 0.5) is 13.2 Å². The number of alkyl halides is 3. The van der Waals surface area contributed by atoms with Crippen LogP contribution >= 0.6 is 0 Å². The third-order valence-corrected chi connectivity index (χ3v) is 6.54. The fraction of sp³-hybridized carbons (Fsp3) is 0.345. The summed E-state index contributed by atoms with van der Waals surface area (Å²) in [4.78, 5) is 14.0. The van der Waals surface area contributed by atoms with E-state index >= 15 is 0 Å². The van der Waals surface area contributed by atoms with Gasteiger partial charge >= 0.3 is 12.1 Å². The molecule has 1 aliphatic rings. The molecule has 1 aliphatic heterocycles. The zero-order valence-electron chi connectivity index (χ0n) is 20.6. The van der Waals surface area contributed by atoms with E-state index in [9.17, 15) is 23.1 Å². The Bertz CT molecular complexity index is 1180. The Morgan fingerprint density at radius 3 is 2.32 bits per heavy atom. The average Bonchev–Trinajstić information content (AvgIpc) is 2.89. The summed E-state index contributed by atoms with van der Waals surface area (Å²) in [7, 11) is 0. The highest BCUT2D eigenvalue weighted by atomic mass is 19.4. The summed E-state index contributed by atoms with van der Waals surface area (Å²) < 4.78 is 51.6. The number of rotatable bonds is 9. The summed E-state index contributed by atoms with van der Waals surface area (Å²) in [5, 5.41) is 9.93. The van der Waals surface area contributed by atoms with E-state index in [2.05, 4.69) is 0 Å². The third kappa shape index (κ3) is 6.43. The van der Waals surface area contributed by atoms with Crippen LogP contribution in [0.5, 0.6) is 11.5 Å². The van der Waals surface area contributed by atoms with E-state index in [0.29, 0.717) is 43.2 Å². The molecule has 1 N–H and O–H groups in total. The van der Waals surface area contributed by atoms with E-state index in [1.54, 1.807) is 12.1 Å². The Morgan fingerprint density at radius 2 is 1.68 bits per heavy atom. The highest BCUT2D eigenvalue weighted by Gasteiger charge is 2.36. The lowest BCUT2D eigenvalue weighted by atomic mass is 9.91. The summed E-state index contributed by atoms with van der Waals surface area (Å²) in [6.45, 7) is 3.10. The van der Waals surface area contributed by atoms with Gasteiger partial charge in [0.2, 0.25) is 0 Å². The molecule has 2 unspecified atom stereocenters. The molecule has 8 heteroatoms. The molecule has 1 fully saturated rings. The van der Waals surface area contributed by atoms with Crippen LogP contribution in [0.25, 0.3) is 0 Å². The van der Waals surface area contributed by atoms with Gasteiger partial charge in [0.1, 0.15) is 12.6 Å². The van der Waals surface area contributed by atoms with Gasteiger partial charge in [-0.15, -0.1) is 0 Å². The van der Waals surface area contributed by atoms with Crippen molar-refractivity contribution in [2.24, 2.45) is 0 Å². The lowest BCUT2D eigenvalue weighted by Crippen LogP contribution is -2.46. The number of likely N-dealkylation sites (tertiary alicyclic amines) is 1. The van der Waals surface area contributed by atoms with Crippen molar-refractivity contribution in [1.82, 2.24) is 4.90 Å². The first kappa shape index (κ1) is 26.5. The number of nitrogens with zero attached hydrogens (tertiary/aromatic N) is 1. The summed E-state index contributed by atoms with van der Waals surface area (Å²) in [6.07, 6.45) is -2.40. The summed E-state index contributed by atoms with van der Waals surface area (Å²) in [5.41, 5.74) is 1.56. The molecule has 3 aromatic carbocycles. The molecule has 3 aromatic rings. The van der Waals surface area contributed by atoms with Crippen LogP contribution in [-0.4, -0.2) is 35.2 Å². The minimum absolute atomic E-state index is 0.343. The molecule has 0 saturated carbocycles. The van der Waals surface area contributed by atoms with E-state index in [-0.39, 0.29) is 0 Å². The van der Waals surface area contributed by atoms with E-state index in [1.165, 1.54) is 12.1 Å². The summed E-state index contributed by atoms with van der Waals surface area (Å²) in [6, 6.07) is 18.8. The molecule has 196 valence electrons. The van der Waals surface area contributed by atoms with Crippen molar-refractivity contribution in [2.75, 3.05) is 13.2 Å². The van der Waals surface area contributed by atoms with Gasteiger partial charge < -0.3 is 14.6 Å². The second-order valence-electron chi connectivity index (χ2n) is 9.02. The second kappa shape index (κ2) is 11.7. The minimum atomic E-state index is -4.46. The molecule has 1 saturated heterocycles. The van der Waals surface area contributed by atoms with Gasteiger partial charge in [0.15, 0.2) is 11.5 Å². The molecule has 0 radical (unpaired) electrons. The number of carboxylic acids is 1.